The quantitative estimate of drug-likeness (QED) is 0.888. The number of methoxy groups -OCH3 is 1. The van der Waals surface area contributed by atoms with E-state index in [1.807, 2.05) is 18.2 Å². The first-order valence-electron chi connectivity index (χ1n) is 6.77. The maximum absolute atomic E-state index is 5.25. The third-order valence-electron chi connectivity index (χ3n) is 3.74. The number of nitrogens with zero attached hydrogens (tertiary/aromatic N) is 1. The molecule has 1 aliphatic heterocycles. The number of aromatic nitrogens is 2. The fraction of sp³-hybridized carbons (Fsp3) is 0.400. The van der Waals surface area contributed by atoms with Gasteiger partial charge in [-0.25, -0.2) is 0 Å². The molecule has 1 fully saturated rings. The van der Waals surface area contributed by atoms with Gasteiger partial charge < -0.3 is 10.1 Å². The van der Waals surface area contributed by atoms with Crippen molar-refractivity contribution in [2.24, 2.45) is 0 Å². The summed E-state index contributed by atoms with van der Waals surface area (Å²) in [6.07, 6.45) is 2.36. The molecule has 1 saturated heterocycles. The molecule has 0 unspecified atom stereocenters. The standard InChI is InChI=1S/C15H19N3O/c1-19-13-4-2-3-12(9-13)15-10-14(17-18-15)11-5-7-16-8-6-11/h2-4,9-11,16H,5-8H2,1H3,(H,17,18). The fourth-order valence-electron chi connectivity index (χ4n) is 2.61. The van der Waals surface area contributed by atoms with Gasteiger partial charge in [0.2, 0.25) is 0 Å². The predicted octanol–water partition coefficient (Wildman–Crippen LogP) is 2.55. The first-order chi connectivity index (χ1) is 9.36. The molecule has 1 aromatic heterocycles. The number of hydrogen-bond acceptors (Lipinski definition) is 3. The molecule has 2 aromatic rings. The van der Waals surface area contributed by atoms with Crippen LogP contribution in [0.4, 0.5) is 0 Å². The maximum atomic E-state index is 5.25. The van der Waals surface area contributed by atoms with E-state index in [-0.39, 0.29) is 0 Å². The highest BCUT2D eigenvalue weighted by Gasteiger charge is 2.17. The molecule has 0 radical (unpaired) electrons. The summed E-state index contributed by atoms with van der Waals surface area (Å²) in [5.41, 5.74) is 3.34. The van der Waals surface area contributed by atoms with Crippen molar-refractivity contribution in [3.05, 3.63) is 36.0 Å². The molecular formula is C15H19N3O. The molecule has 0 aliphatic carbocycles. The van der Waals surface area contributed by atoms with Gasteiger partial charge in [-0.05, 0) is 44.1 Å². The van der Waals surface area contributed by atoms with E-state index in [4.69, 9.17) is 4.74 Å². The topological polar surface area (TPSA) is 49.9 Å². The van der Waals surface area contributed by atoms with E-state index in [1.54, 1.807) is 7.11 Å². The lowest BCUT2D eigenvalue weighted by molar-refractivity contribution is 0.415. The summed E-state index contributed by atoms with van der Waals surface area (Å²) >= 11 is 0. The van der Waals surface area contributed by atoms with Gasteiger partial charge in [0.25, 0.3) is 0 Å². The van der Waals surface area contributed by atoms with Crippen molar-refractivity contribution in [2.45, 2.75) is 18.8 Å². The molecule has 4 nitrogen and oxygen atoms in total. The van der Waals surface area contributed by atoms with E-state index >= 15 is 0 Å². The highest BCUT2D eigenvalue weighted by molar-refractivity contribution is 5.61. The zero-order chi connectivity index (χ0) is 13.1. The van der Waals surface area contributed by atoms with Crippen LogP contribution in [0.5, 0.6) is 5.75 Å². The van der Waals surface area contributed by atoms with Crippen LogP contribution in [0.3, 0.4) is 0 Å². The molecule has 100 valence electrons. The molecule has 3 rings (SSSR count). The van der Waals surface area contributed by atoms with Crippen LogP contribution in [0.15, 0.2) is 30.3 Å². The number of aromatic amines is 1. The zero-order valence-electron chi connectivity index (χ0n) is 11.1. The first-order valence-corrected chi connectivity index (χ1v) is 6.77. The van der Waals surface area contributed by atoms with Crippen LogP contribution in [0.25, 0.3) is 11.3 Å². The third kappa shape index (κ3) is 2.63. The van der Waals surface area contributed by atoms with Crippen LogP contribution in [0.1, 0.15) is 24.5 Å². The molecule has 0 amide bonds. The van der Waals surface area contributed by atoms with Gasteiger partial charge in [-0.1, -0.05) is 12.1 Å². The van der Waals surface area contributed by atoms with Crippen LogP contribution in [-0.2, 0) is 0 Å². The van der Waals surface area contributed by atoms with Crippen molar-refractivity contribution < 1.29 is 4.74 Å². The monoisotopic (exact) mass is 257 g/mol. The Bertz CT molecular complexity index is 544. The predicted molar refractivity (Wildman–Crippen MR) is 75.4 cm³/mol. The number of benzene rings is 1. The van der Waals surface area contributed by atoms with Crippen LogP contribution in [-0.4, -0.2) is 30.4 Å². The Labute approximate surface area is 113 Å². The summed E-state index contributed by atoms with van der Waals surface area (Å²) < 4.78 is 5.25. The molecule has 1 aromatic carbocycles. The number of nitrogens with one attached hydrogen (secondary N) is 2. The summed E-state index contributed by atoms with van der Waals surface area (Å²) in [6, 6.07) is 10.2. The van der Waals surface area contributed by atoms with Crippen LogP contribution in [0.2, 0.25) is 0 Å². The second-order valence-electron chi connectivity index (χ2n) is 4.96. The number of H-pyrrole nitrogens is 1. The van der Waals surface area contributed by atoms with Gasteiger partial charge in [0, 0.05) is 17.2 Å². The van der Waals surface area contributed by atoms with Crippen molar-refractivity contribution in [1.82, 2.24) is 15.5 Å². The Morgan fingerprint density at radius 3 is 2.84 bits per heavy atom. The Morgan fingerprint density at radius 2 is 2.05 bits per heavy atom. The number of rotatable bonds is 3. The number of piperidine rings is 1. The lowest BCUT2D eigenvalue weighted by atomic mass is 9.94. The van der Waals surface area contributed by atoms with E-state index in [9.17, 15) is 0 Å². The Kier molecular flexibility index (Phi) is 3.51. The van der Waals surface area contributed by atoms with E-state index in [0.717, 1.165) is 30.1 Å². The van der Waals surface area contributed by atoms with Gasteiger partial charge in [-0.15, -0.1) is 0 Å². The van der Waals surface area contributed by atoms with Gasteiger partial charge in [0.15, 0.2) is 0 Å². The smallest absolute Gasteiger partial charge is 0.119 e. The molecule has 0 spiro atoms. The van der Waals surface area contributed by atoms with Gasteiger partial charge >= 0.3 is 0 Å². The van der Waals surface area contributed by atoms with E-state index < -0.39 is 0 Å². The zero-order valence-corrected chi connectivity index (χ0v) is 11.1. The molecule has 2 heterocycles. The second-order valence-corrected chi connectivity index (χ2v) is 4.96. The van der Waals surface area contributed by atoms with Gasteiger partial charge in [0.05, 0.1) is 12.8 Å². The third-order valence-corrected chi connectivity index (χ3v) is 3.74. The van der Waals surface area contributed by atoms with E-state index in [1.165, 1.54) is 18.5 Å². The SMILES string of the molecule is COc1cccc(-c2cc(C3CCNCC3)[nH]n2)c1. The first kappa shape index (κ1) is 12.2. The highest BCUT2D eigenvalue weighted by atomic mass is 16.5. The van der Waals surface area contributed by atoms with Crippen LogP contribution < -0.4 is 10.1 Å². The fourth-order valence-corrected chi connectivity index (χ4v) is 2.61. The molecule has 0 saturated carbocycles. The van der Waals surface area contributed by atoms with Crippen LogP contribution in [0, 0.1) is 0 Å². The molecule has 2 N–H and O–H groups in total. The minimum absolute atomic E-state index is 0.605. The Morgan fingerprint density at radius 1 is 1.21 bits per heavy atom. The second kappa shape index (κ2) is 5.45. The van der Waals surface area contributed by atoms with Gasteiger partial charge in [0.1, 0.15) is 5.75 Å². The van der Waals surface area contributed by atoms with E-state index in [2.05, 4.69) is 27.6 Å². The minimum atomic E-state index is 0.605. The normalized spacial score (nSPS) is 16.5. The molecule has 0 bridgehead atoms. The van der Waals surface area contributed by atoms with Crippen molar-refractivity contribution in [3.8, 4) is 17.0 Å². The molecule has 19 heavy (non-hydrogen) atoms. The summed E-state index contributed by atoms with van der Waals surface area (Å²) in [6.45, 7) is 2.19. The van der Waals surface area contributed by atoms with Gasteiger partial charge in [-0.3, -0.25) is 5.10 Å². The molecule has 0 atom stereocenters. The Hall–Kier alpha value is -1.81. The average Bonchev–Trinajstić information content (AvgIpc) is 2.98. The highest BCUT2D eigenvalue weighted by Crippen LogP contribution is 2.28. The lowest BCUT2D eigenvalue weighted by Crippen LogP contribution is -2.26. The summed E-state index contributed by atoms with van der Waals surface area (Å²) in [4.78, 5) is 0. The van der Waals surface area contributed by atoms with E-state index in [0.29, 0.717) is 5.92 Å². The van der Waals surface area contributed by atoms with Crippen molar-refractivity contribution in [3.63, 3.8) is 0 Å². The minimum Gasteiger partial charge on any atom is -0.497 e. The van der Waals surface area contributed by atoms with Gasteiger partial charge in [-0.2, -0.15) is 5.10 Å². The van der Waals surface area contributed by atoms with Crippen molar-refractivity contribution in [2.75, 3.05) is 20.2 Å². The summed E-state index contributed by atoms with van der Waals surface area (Å²) in [7, 11) is 1.68. The maximum Gasteiger partial charge on any atom is 0.119 e. The number of ether oxygens (including phenoxy) is 1. The number of hydrogen-bond donors (Lipinski definition) is 2. The summed E-state index contributed by atoms with van der Waals surface area (Å²) in [5.74, 6) is 1.47. The molecule has 4 heteroatoms. The average molecular weight is 257 g/mol. The summed E-state index contributed by atoms with van der Waals surface area (Å²) in [5, 5.41) is 11.0. The molecule has 1 aliphatic rings. The lowest BCUT2D eigenvalue weighted by Gasteiger charge is -2.20. The molecular weight excluding hydrogens is 238 g/mol. The van der Waals surface area contributed by atoms with Crippen LogP contribution >= 0.6 is 0 Å². The Balaban J connectivity index is 1.83. The largest absolute Gasteiger partial charge is 0.497 e. The van der Waals surface area contributed by atoms with Crippen molar-refractivity contribution >= 4 is 0 Å². The van der Waals surface area contributed by atoms with Crippen molar-refractivity contribution in [1.29, 1.82) is 0 Å².